The van der Waals surface area contributed by atoms with Crippen molar-refractivity contribution in [2.24, 2.45) is 0 Å². The summed E-state index contributed by atoms with van der Waals surface area (Å²) in [6.07, 6.45) is 6.51. The Labute approximate surface area is 153 Å². The number of hydrogen-bond acceptors (Lipinski definition) is 5. The van der Waals surface area contributed by atoms with Crippen LogP contribution in [0.2, 0.25) is 0 Å². The van der Waals surface area contributed by atoms with Crippen LogP contribution in [0.1, 0.15) is 39.0 Å². The third kappa shape index (κ3) is 5.50. The van der Waals surface area contributed by atoms with Crippen molar-refractivity contribution in [2.45, 2.75) is 57.3 Å². The molecule has 3 fully saturated rings. The molecule has 0 aliphatic carbocycles. The molecule has 6 nitrogen and oxygen atoms in total. The molecule has 3 heterocycles. The van der Waals surface area contributed by atoms with Crippen LogP contribution < -0.4 is 0 Å². The Balaban J connectivity index is 1.44. The highest BCUT2D eigenvalue weighted by molar-refractivity contribution is 7.55. The van der Waals surface area contributed by atoms with E-state index in [1.54, 1.807) is 6.66 Å². The number of piperidine rings is 2. The summed E-state index contributed by atoms with van der Waals surface area (Å²) < 4.78 is 27.0. The van der Waals surface area contributed by atoms with Crippen LogP contribution >= 0.6 is 7.52 Å². The minimum absolute atomic E-state index is 0.0212. The van der Waals surface area contributed by atoms with E-state index in [0.29, 0.717) is 12.6 Å². The molecule has 0 spiro atoms. The second-order valence-corrected chi connectivity index (χ2v) is 10.6. The Morgan fingerprint density at radius 3 is 2.40 bits per heavy atom. The first kappa shape index (κ1) is 19.8. The maximum atomic E-state index is 13.1. The third-order valence-corrected chi connectivity index (χ3v) is 7.93. The van der Waals surface area contributed by atoms with Crippen LogP contribution in [0.4, 0.5) is 0 Å². The Bertz CT molecular complexity index is 454. The molecular formula is C18H36N3O3P. The number of nitrogens with zero attached hydrogens (tertiary/aromatic N) is 3. The van der Waals surface area contributed by atoms with Gasteiger partial charge in [0.1, 0.15) is 0 Å². The molecule has 3 aliphatic heterocycles. The maximum absolute atomic E-state index is 13.1. The van der Waals surface area contributed by atoms with Gasteiger partial charge in [-0.05, 0) is 52.7 Å². The third-order valence-electron chi connectivity index (χ3n) is 5.87. The lowest BCUT2D eigenvalue weighted by Crippen LogP contribution is -2.47. The van der Waals surface area contributed by atoms with E-state index in [2.05, 4.69) is 28.4 Å². The summed E-state index contributed by atoms with van der Waals surface area (Å²) in [5, 5.41) is 0. The summed E-state index contributed by atoms with van der Waals surface area (Å²) in [4.78, 5) is 4.91. The normalized spacial score (nSPS) is 34.0. The van der Waals surface area contributed by atoms with Gasteiger partial charge in [-0.1, -0.05) is 6.42 Å². The first-order valence-electron chi connectivity index (χ1n) is 9.99. The molecule has 3 saturated heterocycles. The molecule has 0 amide bonds. The number of morpholine rings is 1. The molecule has 0 saturated carbocycles. The van der Waals surface area contributed by atoms with Crippen molar-refractivity contribution in [3.8, 4) is 0 Å². The topological polar surface area (TPSA) is 45.2 Å². The first-order chi connectivity index (χ1) is 11.9. The number of likely N-dealkylation sites (tertiary alicyclic amines) is 1. The van der Waals surface area contributed by atoms with Crippen LogP contribution in [-0.2, 0) is 13.8 Å². The lowest BCUT2D eigenvalue weighted by atomic mass is 10.0. The van der Waals surface area contributed by atoms with Crippen molar-refractivity contribution in [1.82, 2.24) is 14.5 Å². The van der Waals surface area contributed by atoms with Gasteiger partial charge in [-0.15, -0.1) is 0 Å². The van der Waals surface area contributed by atoms with E-state index in [1.165, 1.54) is 32.4 Å². The summed E-state index contributed by atoms with van der Waals surface area (Å²) in [6, 6.07) is 0.674. The van der Waals surface area contributed by atoms with Gasteiger partial charge in [-0.3, -0.25) is 4.57 Å². The minimum atomic E-state index is -2.72. The second-order valence-electron chi connectivity index (χ2n) is 8.17. The molecule has 7 heteroatoms. The van der Waals surface area contributed by atoms with Crippen molar-refractivity contribution in [2.75, 3.05) is 59.6 Å². The van der Waals surface area contributed by atoms with Gasteiger partial charge in [-0.2, -0.15) is 0 Å². The fourth-order valence-corrected chi connectivity index (χ4v) is 6.10. The number of ether oxygens (including phenoxy) is 1. The summed E-state index contributed by atoms with van der Waals surface area (Å²) in [7, 11) is -0.624. The molecule has 0 N–H and O–H groups in total. The van der Waals surface area contributed by atoms with Crippen LogP contribution in [0.3, 0.4) is 0 Å². The van der Waals surface area contributed by atoms with Crippen molar-refractivity contribution >= 4 is 7.52 Å². The fraction of sp³-hybridized carbons (Fsp3) is 1.00. The summed E-state index contributed by atoms with van der Waals surface area (Å²) in [5.74, 6) is 0. The second kappa shape index (κ2) is 8.81. The quantitative estimate of drug-likeness (QED) is 0.690. The van der Waals surface area contributed by atoms with E-state index in [1.807, 2.05) is 0 Å². The number of hydrogen-bond donors (Lipinski definition) is 0. The van der Waals surface area contributed by atoms with Gasteiger partial charge in [0, 0.05) is 38.9 Å². The van der Waals surface area contributed by atoms with E-state index in [-0.39, 0.29) is 12.2 Å². The molecule has 3 aliphatic rings. The van der Waals surface area contributed by atoms with Crippen LogP contribution in [0.25, 0.3) is 0 Å². The zero-order valence-electron chi connectivity index (χ0n) is 16.2. The van der Waals surface area contributed by atoms with Gasteiger partial charge in [0.15, 0.2) is 0 Å². The Morgan fingerprint density at radius 2 is 1.76 bits per heavy atom. The largest absolute Gasteiger partial charge is 0.370 e. The molecule has 146 valence electrons. The number of rotatable bonds is 5. The molecule has 0 aromatic carbocycles. The van der Waals surface area contributed by atoms with Gasteiger partial charge >= 0.3 is 0 Å². The zero-order valence-corrected chi connectivity index (χ0v) is 17.1. The average molecular weight is 373 g/mol. The van der Waals surface area contributed by atoms with Gasteiger partial charge in [0.25, 0.3) is 7.52 Å². The van der Waals surface area contributed by atoms with Gasteiger partial charge in [0.05, 0.1) is 18.8 Å². The molecule has 0 aromatic rings. The van der Waals surface area contributed by atoms with Crippen LogP contribution in [0, 0.1) is 0 Å². The van der Waals surface area contributed by atoms with Gasteiger partial charge in [0.2, 0.25) is 0 Å². The standard InChI is InChI=1S/C18H36N3O3P/c1-16-13-19(2)14-18(24-16)15-23-25(3,22)21-11-7-17(8-12-21)20-9-5-4-6-10-20/h16-18H,4-15H2,1-3H3. The van der Waals surface area contributed by atoms with Gasteiger partial charge in [-0.25, -0.2) is 4.67 Å². The molecule has 0 bridgehead atoms. The molecule has 3 atom stereocenters. The molecule has 3 rings (SSSR count). The van der Waals surface area contributed by atoms with Crippen molar-refractivity contribution in [1.29, 1.82) is 0 Å². The van der Waals surface area contributed by atoms with E-state index in [9.17, 15) is 4.57 Å². The number of likely N-dealkylation sites (N-methyl/N-ethyl adjacent to an activating group) is 1. The predicted molar refractivity (Wildman–Crippen MR) is 101 cm³/mol. The van der Waals surface area contributed by atoms with Crippen LogP contribution in [-0.4, -0.2) is 92.3 Å². The summed E-state index contributed by atoms with van der Waals surface area (Å²) in [5.41, 5.74) is 0. The summed E-state index contributed by atoms with van der Waals surface area (Å²) >= 11 is 0. The fourth-order valence-electron chi connectivity index (χ4n) is 4.53. The van der Waals surface area contributed by atoms with Crippen molar-refractivity contribution in [3.05, 3.63) is 0 Å². The van der Waals surface area contributed by atoms with E-state index in [0.717, 1.165) is 39.0 Å². The first-order valence-corrected chi connectivity index (χ1v) is 12.0. The SMILES string of the molecule is CC1CN(C)CC(COP(C)(=O)N2CCC(N3CCCCC3)CC2)O1. The predicted octanol–water partition coefficient (Wildman–Crippen LogP) is 2.50. The maximum Gasteiger partial charge on any atom is 0.269 e. The molecule has 0 aromatic heterocycles. The van der Waals surface area contributed by atoms with Crippen molar-refractivity contribution in [3.63, 3.8) is 0 Å². The smallest absolute Gasteiger partial charge is 0.269 e. The Hall–Kier alpha value is 0.0300. The highest BCUT2D eigenvalue weighted by atomic mass is 31.2. The van der Waals surface area contributed by atoms with Gasteiger partial charge < -0.3 is 19.1 Å². The van der Waals surface area contributed by atoms with E-state index in [4.69, 9.17) is 9.26 Å². The average Bonchev–Trinajstić information content (AvgIpc) is 2.60. The molecule has 3 unspecified atom stereocenters. The Kier molecular flexibility index (Phi) is 6.97. The van der Waals surface area contributed by atoms with Crippen molar-refractivity contribution < 1.29 is 13.8 Å². The molecular weight excluding hydrogens is 337 g/mol. The Morgan fingerprint density at radius 1 is 1.08 bits per heavy atom. The zero-order chi connectivity index (χ0) is 17.9. The van der Waals surface area contributed by atoms with E-state index >= 15 is 0 Å². The van der Waals surface area contributed by atoms with Crippen LogP contribution in [0.15, 0.2) is 0 Å². The molecule has 25 heavy (non-hydrogen) atoms. The highest BCUT2D eigenvalue weighted by Crippen LogP contribution is 2.48. The molecule has 0 radical (unpaired) electrons. The van der Waals surface area contributed by atoms with E-state index < -0.39 is 7.52 Å². The summed E-state index contributed by atoms with van der Waals surface area (Å²) in [6.45, 7) is 10.4. The lowest BCUT2D eigenvalue weighted by molar-refractivity contribution is -0.0854. The monoisotopic (exact) mass is 373 g/mol. The lowest BCUT2D eigenvalue weighted by Gasteiger charge is -2.41. The minimum Gasteiger partial charge on any atom is -0.370 e. The van der Waals surface area contributed by atoms with Crippen LogP contribution in [0.5, 0.6) is 0 Å². The highest BCUT2D eigenvalue weighted by Gasteiger charge is 2.34.